The van der Waals surface area contributed by atoms with Crippen molar-refractivity contribution in [1.82, 2.24) is 15.1 Å². The molecule has 2 saturated carbocycles. The Morgan fingerprint density at radius 1 is 1.26 bits per heavy atom. The van der Waals surface area contributed by atoms with E-state index in [1.54, 1.807) is 0 Å². The van der Waals surface area contributed by atoms with Gasteiger partial charge in [0.15, 0.2) is 0 Å². The molecule has 3 rings (SSSR count). The maximum absolute atomic E-state index is 9.55. The largest absolute Gasteiger partial charge is 0.305 e. The van der Waals surface area contributed by atoms with Crippen molar-refractivity contribution in [2.75, 3.05) is 27.2 Å². The molecule has 0 spiro atoms. The molecule has 4 heteroatoms. The number of rotatable bonds is 4. The van der Waals surface area contributed by atoms with E-state index in [-0.39, 0.29) is 5.54 Å². The first-order valence-corrected chi connectivity index (χ1v) is 7.71. The zero-order valence-corrected chi connectivity index (χ0v) is 12.2. The van der Waals surface area contributed by atoms with Crippen molar-refractivity contribution in [3.8, 4) is 6.07 Å². The molecule has 0 aromatic carbocycles. The lowest BCUT2D eigenvalue weighted by atomic mass is 9.99. The predicted octanol–water partition coefficient (Wildman–Crippen LogP) is 1.19. The highest BCUT2D eigenvalue weighted by Crippen LogP contribution is 2.37. The molecule has 1 heterocycles. The summed E-state index contributed by atoms with van der Waals surface area (Å²) in [4.78, 5) is 4.97. The molecule has 1 N–H and O–H groups in total. The van der Waals surface area contributed by atoms with E-state index in [0.29, 0.717) is 18.1 Å². The fourth-order valence-electron chi connectivity index (χ4n) is 3.74. The number of likely N-dealkylation sites (tertiary alicyclic amines) is 1. The van der Waals surface area contributed by atoms with Crippen LogP contribution in [0, 0.1) is 11.3 Å². The molecule has 1 aliphatic heterocycles. The second-order valence-electron chi connectivity index (χ2n) is 6.91. The van der Waals surface area contributed by atoms with Gasteiger partial charge in [-0.25, -0.2) is 0 Å². The van der Waals surface area contributed by atoms with E-state index >= 15 is 0 Å². The Balaban J connectivity index is 1.58. The zero-order valence-electron chi connectivity index (χ0n) is 12.2. The molecule has 3 aliphatic rings. The number of hydrogen-bond acceptors (Lipinski definition) is 4. The van der Waals surface area contributed by atoms with Gasteiger partial charge in [0.05, 0.1) is 6.07 Å². The minimum Gasteiger partial charge on any atom is -0.305 e. The van der Waals surface area contributed by atoms with Gasteiger partial charge in [-0.15, -0.1) is 0 Å². The van der Waals surface area contributed by atoms with Crippen LogP contribution in [0.3, 0.4) is 0 Å². The average Bonchev–Trinajstić information content (AvgIpc) is 2.93. The Hall–Kier alpha value is -0.630. The van der Waals surface area contributed by atoms with Crippen LogP contribution in [0.15, 0.2) is 0 Å². The van der Waals surface area contributed by atoms with Crippen LogP contribution in [-0.4, -0.2) is 60.6 Å². The number of hydrogen-bond donors (Lipinski definition) is 1. The first kappa shape index (κ1) is 13.4. The second-order valence-corrected chi connectivity index (χ2v) is 6.91. The van der Waals surface area contributed by atoms with E-state index < -0.39 is 0 Å². The normalized spacial score (nSPS) is 39.9. The Bertz CT molecular complexity index is 371. The van der Waals surface area contributed by atoms with Crippen LogP contribution in [0.4, 0.5) is 0 Å². The van der Waals surface area contributed by atoms with Gasteiger partial charge in [-0.05, 0) is 52.6 Å². The van der Waals surface area contributed by atoms with E-state index in [4.69, 9.17) is 0 Å². The molecule has 0 amide bonds. The van der Waals surface area contributed by atoms with Crippen molar-refractivity contribution in [2.24, 2.45) is 0 Å². The van der Waals surface area contributed by atoms with E-state index in [9.17, 15) is 5.26 Å². The number of nitrogens with zero attached hydrogens (tertiary/aromatic N) is 3. The highest BCUT2D eigenvalue weighted by molar-refractivity contribution is 5.15. The van der Waals surface area contributed by atoms with Gasteiger partial charge in [-0.1, -0.05) is 0 Å². The maximum Gasteiger partial charge on any atom is 0.108 e. The molecular formula is C15H26N4. The summed E-state index contributed by atoms with van der Waals surface area (Å²) in [6.45, 7) is 2.39. The molecule has 106 valence electrons. The lowest BCUT2D eigenvalue weighted by molar-refractivity contribution is 0.211. The quantitative estimate of drug-likeness (QED) is 0.826. The molecule has 4 nitrogen and oxygen atoms in total. The predicted molar refractivity (Wildman–Crippen MR) is 75.8 cm³/mol. The van der Waals surface area contributed by atoms with Crippen LogP contribution in [-0.2, 0) is 0 Å². The minimum absolute atomic E-state index is 0.220. The lowest BCUT2D eigenvalue weighted by Crippen LogP contribution is -2.45. The molecule has 0 radical (unpaired) electrons. The summed E-state index contributed by atoms with van der Waals surface area (Å²) in [6.07, 6.45) is 7.06. The number of nitriles is 1. The first-order chi connectivity index (χ1) is 9.12. The summed E-state index contributed by atoms with van der Waals surface area (Å²) in [5.41, 5.74) is -0.220. The van der Waals surface area contributed by atoms with Crippen molar-refractivity contribution in [1.29, 1.82) is 5.26 Å². The molecule has 3 unspecified atom stereocenters. The molecule has 19 heavy (non-hydrogen) atoms. The minimum atomic E-state index is -0.220. The van der Waals surface area contributed by atoms with Crippen molar-refractivity contribution >= 4 is 0 Å². The average molecular weight is 262 g/mol. The monoisotopic (exact) mass is 262 g/mol. The van der Waals surface area contributed by atoms with E-state index in [0.717, 1.165) is 12.8 Å². The van der Waals surface area contributed by atoms with Crippen molar-refractivity contribution < 1.29 is 0 Å². The number of nitrogens with one attached hydrogen (secondary N) is 1. The maximum atomic E-state index is 9.55. The van der Waals surface area contributed by atoms with Gasteiger partial charge in [-0.2, -0.15) is 5.26 Å². The number of likely N-dealkylation sites (N-methyl/N-ethyl adjacent to an activating group) is 1. The van der Waals surface area contributed by atoms with Gasteiger partial charge < -0.3 is 4.90 Å². The van der Waals surface area contributed by atoms with E-state index in [2.05, 4.69) is 35.3 Å². The summed E-state index contributed by atoms with van der Waals surface area (Å²) in [6, 6.07) is 4.54. The summed E-state index contributed by atoms with van der Waals surface area (Å²) in [5, 5.41) is 13.2. The van der Waals surface area contributed by atoms with Gasteiger partial charge in [-0.3, -0.25) is 10.2 Å². The third-order valence-corrected chi connectivity index (χ3v) is 5.20. The fourth-order valence-corrected chi connectivity index (χ4v) is 3.74. The Morgan fingerprint density at radius 3 is 2.63 bits per heavy atom. The second kappa shape index (κ2) is 5.05. The SMILES string of the molecule is CN(C)C1CCN(C2CCC(C#N)(NC3CC3)C2)C1. The lowest BCUT2D eigenvalue weighted by Gasteiger charge is -2.27. The summed E-state index contributed by atoms with van der Waals surface area (Å²) >= 11 is 0. The molecule has 2 aliphatic carbocycles. The van der Waals surface area contributed by atoms with Crippen molar-refractivity contribution in [3.05, 3.63) is 0 Å². The molecule has 0 aromatic rings. The smallest absolute Gasteiger partial charge is 0.108 e. The van der Waals surface area contributed by atoms with Crippen LogP contribution in [0.2, 0.25) is 0 Å². The summed E-state index contributed by atoms with van der Waals surface area (Å²) in [5.74, 6) is 0. The van der Waals surface area contributed by atoms with Crippen LogP contribution < -0.4 is 5.32 Å². The molecule has 1 saturated heterocycles. The van der Waals surface area contributed by atoms with Gasteiger partial charge in [0.25, 0.3) is 0 Å². The highest BCUT2D eigenvalue weighted by Gasteiger charge is 2.45. The third-order valence-electron chi connectivity index (χ3n) is 5.20. The molecule has 0 aromatic heterocycles. The topological polar surface area (TPSA) is 42.3 Å². The van der Waals surface area contributed by atoms with Crippen molar-refractivity contribution in [3.63, 3.8) is 0 Å². The zero-order chi connectivity index (χ0) is 13.5. The van der Waals surface area contributed by atoms with Gasteiger partial charge in [0.1, 0.15) is 5.54 Å². The van der Waals surface area contributed by atoms with E-state index in [1.165, 1.54) is 38.8 Å². The first-order valence-electron chi connectivity index (χ1n) is 7.71. The Morgan fingerprint density at radius 2 is 2.05 bits per heavy atom. The third kappa shape index (κ3) is 2.79. The van der Waals surface area contributed by atoms with Gasteiger partial charge in [0, 0.05) is 31.2 Å². The molecular weight excluding hydrogens is 236 g/mol. The van der Waals surface area contributed by atoms with Crippen LogP contribution >= 0.6 is 0 Å². The van der Waals surface area contributed by atoms with E-state index in [1.807, 2.05) is 0 Å². The summed E-state index contributed by atoms with van der Waals surface area (Å²) < 4.78 is 0. The fraction of sp³-hybridized carbons (Fsp3) is 0.933. The standard InChI is InChI=1S/C15H26N4/c1-18(2)14-6-8-19(10-14)13-5-7-15(9-13,11-16)17-12-3-4-12/h12-14,17H,3-10H2,1-2H3. The van der Waals surface area contributed by atoms with Crippen LogP contribution in [0.25, 0.3) is 0 Å². The van der Waals surface area contributed by atoms with Crippen LogP contribution in [0.5, 0.6) is 0 Å². The molecule has 0 bridgehead atoms. The Kier molecular flexibility index (Phi) is 3.55. The Labute approximate surface area is 116 Å². The van der Waals surface area contributed by atoms with Gasteiger partial charge in [0.2, 0.25) is 0 Å². The van der Waals surface area contributed by atoms with Crippen LogP contribution in [0.1, 0.15) is 38.5 Å². The van der Waals surface area contributed by atoms with Crippen molar-refractivity contribution in [2.45, 2.75) is 62.2 Å². The highest BCUT2D eigenvalue weighted by atomic mass is 15.3. The summed E-state index contributed by atoms with van der Waals surface area (Å²) in [7, 11) is 4.36. The molecule has 3 fully saturated rings. The molecule has 3 atom stereocenters. The van der Waals surface area contributed by atoms with Gasteiger partial charge >= 0.3 is 0 Å².